The van der Waals surface area contributed by atoms with Crippen LogP contribution in [0.15, 0.2) is 30.5 Å². The molecular weight excluding hydrogens is 399 g/mol. The van der Waals surface area contributed by atoms with E-state index in [1.54, 1.807) is 24.3 Å². The maximum Gasteiger partial charge on any atom is 0.253 e. The summed E-state index contributed by atoms with van der Waals surface area (Å²) < 4.78 is 21.1. The summed E-state index contributed by atoms with van der Waals surface area (Å²) in [6.45, 7) is 0.631. The molecule has 0 radical (unpaired) electrons. The normalized spacial score (nSPS) is 18.3. The number of amides is 2. The molecule has 1 saturated heterocycles. The molecule has 2 aromatic heterocycles. The van der Waals surface area contributed by atoms with Gasteiger partial charge in [0.15, 0.2) is 5.82 Å². The number of benzene rings is 1. The minimum Gasteiger partial charge on any atom is -0.373 e. The first kappa shape index (κ1) is 19.7. The second kappa shape index (κ2) is 7.77. The number of nitrogens with one attached hydrogen (secondary N) is 3. The van der Waals surface area contributed by atoms with Crippen molar-refractivity contribution in [2.75, 3.05) is 19.0 Å². The van der Waals surface area contributed by atoms with Crippen LogP contribution in [0.2, 0.25) is 0 Å². The maximum atomic E-state index is 15.4. The van der Waals surface area contributed by atoms with Gasteiger partial charge < -0.3 is 20.4 Å². The number of hydrogen-bond acceptors (Lipinski definition) is 4. The molecule has 1 aromatic carbocycles. The summed E-state index contributed by atoms with van der Waals surface area (Å²) in [6.07, 6.45) is 4.60. The fourth-order valence-corrected chi connectivity index (χ4v) is 4.07. The molecule has 1 atom stereocenters. The van der Waals surface area contributed by atoms with E-state index in [0.717, 1.165) is 25.7 Å². The fourth-order valence-electron chi connectivity index (χ4n) is 4.07. The van der Waals surface area contributed by atoms with Crippen molar-refractivity contribution in [2.24, 2.45) is 5.92 Å². The molecule has 1 aliphatic heterocycles. The maximum absolute atomic E-state index is 15.4. The number of H-pyrrole nitrogens is 1. The molecule has 1 saturated carbocycles. The molecule has 2 fully saturated rings. The molecule has 1 aliphatic carbocycles. The van der Waals surface area contributed by atoms with Crippen LogP contribution < -0.4 is 10.6 Å². The van der Waals surface area contributed by atoms with E-state index in [2.05, 4.69) is 20.6 Å². The van der Waals surface area contributed by atoms with Crippen LogP contribution in [-0.2, 0) is 9.53 Å². The highest BCUT2D eigenvalue weighted by atomic mass is 19.1. The average Bonchev–Trinajstić information content (AvgIpc) is 3.30. The largest absolute Gasteiger partial charge is 0.373 e. The number of halogens is 1. The summed E-state index contributed by atoms with van der Waals surface area (Å²) in [5.74, 6) is -0.410. The zero-order chi connectivity index (χ0) is 21.5. The predicted molar refractivity (Wildman–Crippen MR) is 114 cm³/mol. The molecule has 5 rings (SSSR count). The molecule has 160 valence electrons. The van der Waals surface area contributed by atoms with Crippen LogP contribution in [0.4, 0.5) is 10.2 Å². The third kappa shape index (κ3) is 3.57. The molecule has 7 nitrogen and oxygen atoms in total. The number of fused-ring (bicyclic) bond motifs is 1. The summed E-state index contributed by atoms with van der Waals surface area (Å²) in [5, 5.41) is 6.00. The lowest BCUT2D eigenvalue weighted by atomic mass is 10.0. The van der Waals surface area contributed by atoms with Crippen molar-refractivity contribution in [3.05, 3.63) is 47.4 Å². The molecule has 2 amide bonds. The molecule has 3 aromatic rings. The number of nitrogens with zero attached hydrogens (tertiary/aromatic N) is 1. The van der Waals surface area contributed by atoms with E-state index >= 15 is 4.39 Å². The van der Waals surface area contributed by atoms with Crippen molar-refractivity contribution in [1.82, 2.24) is 15.3 Å². The first-order valence-electron chi connectivity index (χ1n) is 10.5. The van der Waals surface area contributed by atoms with Gasteiger partial charge in [-0.1, -0.05) is 12.1 Å². The summed E-state index contributed by atoms with van der Waals surface area (Å²) in [5.41, 5.74) is 2.26. The molecule has 0 spiro atoms. The number of rotatable bonds is 5. The van der Waals surface area contributed by atoms with Crippen LogP contribution in [0.1, 0.15) is 47.7 Å². The van der Waals surface area contributed by atoms with Gasteiger partial charge >= 0.3 is 0 Å². The number of ether oxygens (including phenoxy) is 1. The van der Waals surface area contributed by atoms with E-state index in [4.69, 9.17) is 4.74 Å². The zero-order valence-electron chi connectivity index (χ0n) is 17.1. The minimum absolute atomic E-state index is 0.00503. The van der Waals surface area contributed by atoms with Gasteiger partial charge in [-0.3, -0.25) is 9.59 Å². The number of carbonyl (C=O) groups is 2. The summed E-state index contributed by atoms with van der Waals surface area (Å²) in [6, 6.07) is 6.96. The van der Waals surface area contributed by atoms with Crippen molar-refractivity contribution in [3.8, 4) is 11.3 Å². The Morgan fingerprint density at radius 1 is 1.26 bits per heavy atom. The molecule has 31 heavy (non-hydrogen) atoms. The van der Waals surface area contributed by atoms with E-state index < -0.39 is 0 Å². The zero-order valence-corrected chi connectivity index (χ0v) is 17.1. The molecule has 3 N–H and O–H groups in total. The molecule has 3 heterocycles. The quantitative estimate of drug-likeness (QED) is 0.581. The Hall–Kier alpha value is -3.26. The number of hydrogen-bond donors (Lipinski definition) is 3. The van der Waals surface area contributed by atoms with Crippen molar-refractivity contribution in [1.29, 1.82) is 0 Å². The van der Waals surface area contributed by atoms with Crippen molar-refractivity contribution < 1.29 is 18.7 Å². The van der Waals surface area contributed by atoms with E-state index in [9.17, 15) is 9.59 Å². The molecule has 8 heteroatoms. The van der Waals surface area contributed by atoms with Gasteiger partial charge in [-0.15, -0.1) is 0 Å². The number of aromatic nitrogens is 2. The van der Waals surface area contributed by atoms with Gasteiger partial charge in [0.2, 0.25) is 5.91 Å². The Bertz CT molecular complexity index is 1180. The van der Waals surface area contributed by atoms with Crippen molar-refractivity contribution >= 4 is 28.5 Å². The van der Waals surface area contributed by atoms with Gasteiger partial charge in [0, 0.05) is 48.0 Å². The molecule has 2 aliphatic rings. The Balaban J connectivity index is 1.62. The highest BCUT2D eigenvalue weighted by Crippen LogP contribution is 2.37. The predicted octanol–water partition coefficient (Wildman–Crippen LogP) is 3.93. The van der Waals surface area contributed by atoms with E-state index in [-0.39, 0.29) is 29.7 Å². The van der Waals surface area contributed by atoms with Crippen LogP contribution in [0.5, 0.6) is 0 Å². The standard InChI is InChI=1S/C23H23FN4O3/c1-25-23(30)16-11-26-21(28-22(29)12-7-8-12)20-15(16)10-17(27-20)13-4-2-5-14(19(13)24)18-6-3-9-31-18/h2,4-5,10-12,18,27H,3,6-9H2,1H3,(H,25,30)(H,26,28,29). The van der Waals surface area contributed by atoms with Crippen LogP contribution in [0.3, 0.4) is 0 Å². The Morgan fingerprint density at radius 3 is 2.81 bits per heavy atom. The van der Waals surface area contributed by atoms with Crippen LogP contribution in [-0.4, -0.2) is 35.4 Å². The molecule has 1 unspecified atom stereocenters. The van der Waals surface area contributed by atoms with Crippen molar-refractivity contribution in [3.63, 3.8) is 0 Å². The highest BCUT2D eigenvalue weighted by molar-refractivity contribution is 6.11. The average molecular weight is 422 g/mol. The van der Waals surface area contributed by atoms with Crippen LogP contribution in [0, 0.1) is 11.7 Å². The van der Waals surface area contributed by atoms with E-state index in [0.29, 0.717) is 45.7 Å². The third-order valence-corrected chi connectivity index (χ3v) is 5.92. The lowest BCUT2D eigenvalue weighted by Crippen LogP contribution is -2.19. The van der Waals surface area contributed by atoms with Gasteiger partial charge in [-0.05, 0) is 37.8 Å². The fraction of sp³-hybridized carbons (Fsp3) is 0.348. The number of anilines is 1. The minimum atomic E-state index is -0.348. The first-order valence-corrected chi connectivity index (χ1v) is 10.5. The van der Waals surface area contributed by atoms with Gasteiger partial charge in [0.1, 0.15) is 5.82 Å². The second-order valence-electron chi connectivity index (χ2n) is 8.05. The Labute approximate surface area is 178 Å². The van der Waals surface area contributed by atoms with Gasteiger partial charge in [0.05, 0.1) is 17.2 Å². The first-order chi connectivity index (χ1) is 15.1. The Morgan fingerprint density at radius 2 is 2.10 bits per heavy atom. The topological polar surface area (TPSA) is 96.1 Å². The monoisotopic (exact) mass is 422 g/mol. The smallest absolute Gasteiger partial charge is 0.253 e. The van der Waals surface area contributed by atoms with Crippen molar-refractivity contribution in [2.45, 2.75) is 31.8 Å². The Kier molecular flexibility index (Phi) is 4.94. The van der Waals surface area contributed by atoms with Gasteiger partial charge in [0.25, 0.3) is 5.91 Å². The van der Waals surface area contributed by atoms with Crippen LogP contribution >= 0.6 is 0 Å². The number of pyridine rings is 1. The lowest BCUT2D eigenvalue weighted by molar-refractivity contribution is -0.117. The van der Waals surface area contributed by atoms with Gasteiger partial charge in [-0.2, -0.15) is 0 Å². The lowest BCUT2D eigenvalue weighted by Gasteiger charge is -2.13. The summed E-state index contributed by atoms with van der Waals surface area (Å²) >= 11 is 0. The summed E-state index contributed by atoms with van der Waals surface area (Å²) in [7, 11) is 1.54. The van der Waals surface area contributed by atoms with E-state index in [1.807, 2.05) is 0 Å². The van der Waals surface area contributed by atoms with Gasteiger partial charge in [-0.25, -0.2) is 9.37 Å². The van der Waals surface area contributed by atoms with Crippen LogP contribution in [0.25, 0.3) is 22.2 Å². The number of aromatic amines is 1. The second-order valence-corrected chi connectivity index (χ2v) is 8.05. The SMILES string of the molecule is CNC(=O)c1cnc(NC(=O)C2CC2)c2[nH]c(-c3cccc(C4CCCO4)c3F)cc12. The van der Waals surface area contributed by atoms with E-state index in [1.165, 1.54) is 13.2 Å². The highest BCUT2D eigenvalue weighted by Gasteiger charge is 2.31. The molecular formula is C23H23FN4O3. The molecule has 0 bridgehead atoms. The third-order valence-electron chi connectivity index (χ3n) is 5.92. The number of carbonyl (C=O) groups excluding carboxylic acids is 2. The summed E-state index contributed by atoms with van der Waals surface area (Å²) in [4.78, 5) is 32.2.